The third-order valence-corrected chi connectivity index (χ3v) is 4.54. The molecule has 1 aromatic carbocycles. The number of hydrogen-bond acceptors (Lipinski definition) is 2. The molecule has 0 aromatic heterocycles. The molecule has 0 aliphatic rings. The van der Waals surface area contributed by atoms with E-state index in [0.717, 1.165) is 0 Å². The monoisotopic (exact) mass is 301 g/mol. The molecule has 0 aliphatic heterocycles. The Morgan fingerprint density at radius 1 is 1.38 bits per heavy atom. The lowest BCUT2D eigenvalue weighted by Gasteiger charge is -2.19. The van der Waals surface area contributed by atoms with Crippen LogP contribution >= 0.6 is 15.9 Å². The summed E-state index contributed by atoms with van der Waals surface area (Å²) in [5, 5.41) is 0. The van der Waals surface area contributed by atoms with Crippen molar-refractivity contribution < 1.29 is 8.42 Å². The van der Waals surface area contributed by atoms with Gasteiger partial charge in [-0.15, -0.1) is 6.42 Å². The zero-order valence-corrected chi connectivity index (χ0v) is 11.4. The van der Waals surface area contributed by atoms with E-state index < -0.39 is 15.6 Å². The SMILES string of the molecule is C#CC(C)(C)NS(=O)(=O)c1ccccc1Br. The van der Waals surface area contributed by atoms with E-state index >= 15 is 0 Å². The summed E-state index contributed by atoms with van der Waals surface area (Å²) in [4.78, 5) is 0.179. The molecule has 1 aromatic rings. The normalized spacial score (nSPS) is 12.1. The van der Waals surface area contributed by atoms with Gasteiger partial charge in [0.25, 0.3) is 0 Å². The first-order valence-corrected chi connectivity index (χ1v) is 6.82. The summed E-state index contributed by atoms with van der Waals surface area (Å²) in [6.45, 7) is 3.25. The van der Waals surface area contributed by atoms with Crippen LogP contribution in [0, 0.1) is 12.3 Å². The molecule has 0 saturated carbocycles. The van der Waals surface area contributed by atoms with Gasteiger partial charge in [0.2, 0.25) is 10.0 Å². The predicted molar refractivity (Wildman–Crippen MR) is 67.4 cm³/mol. The summed E-state index contributed by atoms with van der Waals surface area (Å²) in [7, 11) is -3.60. The summed E-state index contributed by atoms with van der Waals surface area (Å²) >= 11 is 3.19. The second-order valence-corrected chi connectivity index (χ2v) is 6.31. The van der Waals surface area contributed by atoms with Crippen LogP contribution < -0.4 is 4.72 Å². The van der Waals surface area contributed by atoms with Crippen molar-refractivity contribution in [3.8, 4) is 12.3 Å². The number of rotatable bonds is 3. The summed E-state index contributed by atoms with van der Waals surface area (Å²) < 4.78 is 26.9. The van der Waals surface area contributed by atoms with Crippen LogP contribution in [0.5, 0.6) is 0 Å². The van der Waals surface area contributed by atoms with Crippen LogP contribution in [0.4, 0.5) is 0 Å². The van der Waals surface area contributed by atoms with Crippen molar-refractivity contribution in [1.82, 2.24) is 4.72 Å². The molecule has 0 fully saturated rings. The molecule has 0 radical (unpaired) electrons. The molecule has 5 heteroatoms. The number of sulfonamides is 1. The maximum absolute atomic E-state index is 12.0. The minimum absolute atomic E-state index is 0.179. The molecule has 0 saturated heterocycles. The van der Waals surface area contributed by atoms with Crippen molar-refractivity contribution in [1.29, 1.82) is 0 Å². The zero-order valence-electron chi connectivity index (χ0n) is 8.99. The summed E-state index contributed by atoms with van der Waals surface area (Å²) in [5.74, 6) is 2.38. The van der Waals surface area contributed by atoms with Crippen LogP contribution in [0.2, 0.25) is 0 Å². The molecule has 3 nitrogen and oxygen atoms in total. The maximum Gasteiger partial charge on any atom is 0.242 e. The zero-order chi connectivity index (χ0) is 12.4. The number of halogens is 1. The maximum atomic E-state index is 12.0. The topological polar surface area (TPSA) is 46.2 Å². The quantitative estimate of drug-likeness (QED) is 0.870. The summed E-state index contributed by atoms with van der Waals surface area (Å²) in [5.41, 5.74) is -0.909. The fourth-order valence-corrected chi connectivity index (χ4v) is 3.43. The van der Waals surface area contributed by atoms with E-state index in [2.05, 4.69) is 26.6 Å². The molecule has 0 bridgehead atoms. The van der Waals surface area contributed by atoms with Gasteiger partial charge in [-0.25, -0.2) is 8.42 Å². The van der Waals surface area contributed by atoms with Crippen LogP contribution in [0.3, 0.4) is 0 Å². The Morgan fingerprint density at radius 3 is 2.44 bits per heavy atom. The van der Waals surface area contributed by atoms with Crippen molar-refractivity contribution in [3.05, 3.63) is 28.7 Å². The Bertz CT molecular complexity index is 529. The van der Waals surface area contributed by atoms with Crippen LogP contribution in [-0.2, 0) is 10.0 Å². The third kappa shape index (κ3) is 3.08. The Hall–Kier alpha value is -0.830. The lowest BCUT2D eigenvalue weighted by atomic mass is 10.1. The van der Waals surface area contributed by atoms with Crippen LogP contribution in [0.1, 0.15) is 13.8 Å². The van der Waals surface area contributed by atoms with Gasteiger partial charge < -0.3 is 0 Å². The van der Waals surface area contributed by atoms with E-state index in [1.807, 2.05) is 0 Å². The first-order chi connectivity index (χ1) is 7.28. The standard InChI is InChI=1S/C11H12BrNO2S/c1-4-11(2,3)13-16(14,15)10-8-6-5-7-9(10)12/h1,5-8,13H,2-3H3. The number of benzene rings is 1. The number of terminal acetylenes is 1. The highest BCUT2D eigenvalue weighted by Gasteiger charge is 2.25. The largest absolute Gasteiger partial charge is 0.242 e. The van der Waals surface area contributed by atoms with Gasteiger partial charge in [-0.3, -0.25) is 0 Å². The van der Waals surface area contributed by atoms with Crippen molar-refractivity contribution in [2.24, 2.45) is 0 Å². The molecule has 1 rings (SSSR count). The van der Waals surface area contributed by atoms with Gasteiger partial charge in [0.15, 0.2) is 0 Å². The van der Waals surface area contributed by atoms with Gasteiger partial charge in [0.05, 0.1) is 10.4 Å². The number of nitrogens with one attached hydrogen (secondary N) is 1. The molecule has 16 heavy (non-hydrogen) atoms. The first-order valence-electron chi connectivity index (χ1n) is 4.55. The highest BCUT2D eigenvalue weighted by molar-refractivity contribution is 9.10. The fraction of sp³-hybridized carbons (Fsp3) is 0.273. The summed E-state index contributed by atoms with van der Waals surface area (Å²) in [6, 6.07) is 6.58. The van der Waals surface area contributed by atoms with Crippen molar-refractivity contribution in [3.63, 3.8) is 0 Å². The van der Waals surface area contributed by atoms with Crippen molar-refractivity contribution >= 4 is 26.0 Å². The molecule has 86 valence electrons. The van der Waals surface area contributed by atoms with Gasteiger partial charge in [0, 0.05) is 4.47 Å². The second-order valence-electron chi connectivity index (χ2n) is 3.81. The van der Waals surface area contributed by atoms with Gasteiger partial charge in [-0.1, -0.05) is 18.1 Å². The van der Waals surface area contributed by atoms with Gasteiger partial charge in [-0.05, 0) is 41.9 Å². The Morgan fingerprint density at radius 2 is 1.94 bits per heavy atom. The average Bonchev–Trinajstić information content (AvgIpc) is 2.16. The predicted octanol–water partition coefficient (Wildman–Crippen LogP) is 2.14. The number of hydrogen-bond donors (Lipinski definition) is 1. The smallest absolute Gasteiger partial charge is 0.207 e. The van der Waals surface area contributed by atoms with Crippen LogP contribution in [0.15, 0.2) is 33.6 Å². The summed E-state index contributed by atoms with van der Waals surface area (Å²) in [6.07, 6.45) is 5.24. The Labute approximate surface area is 104 Å². The molecule has 0 amide bonds. The minimum Gasteiger partial charge on any atom is -0.207 e. The fourth-order valence-electron chi connectivity index (χ4n) is 1.08. The lowest BCUT2D eigenvalue weighted by molar-refractivity contribution is 0.538. The van der Waals surface area contributed by atoms with Gasteiger partial charge >= 0.3 is 0 Å². The van der Waals surface area contributed by atoms with Crippen LogP contribution in [0.25, 0.3) is 0 Å². The molecule has 0 spiro atoms. The average molecular weight is 302 g/mol. The Balaban J connectivity index is 3.16. The lowest BCUT2D eigenvalue weighted by Crippen LogP contribution is -2.42. The molecule has 0 unspecified atom stereocenters. The highest BCUT2D eigenvalue weighted by Crippen LogP contribution is 2.22. The first kappa shape index (κ1) is 13.2. The van der Waals surface area contributed by atoms with E-state index in [1.54, 1.807) is 32.0 Å². The minimum atomic E-state index is -3.60. The molecular formula is C11H12BrNO2S. The van der Waals surface area contributed by atoms with Gasteiger partial charge in [0.1, 0.15) is 0 Å². The van der Waals surface area contributed by atoms with E-state index in [4.69, 9.17) is 6.42 Å². The third-order valence-electron chi connectivity index (χ3n) is 1.88. The molecule has 0 atom stereocenters. The van der Waals surface area contributed by atoms with E-state index in [0.29, 0.717) is 4.47 Å². The molecule has 0 heterocycles. The van der Waals surface area contributed by atoms with E-state index in [1.165, 1.54) is 6.07 Å². The second kappa shape index (κ2) is 4.58. The molecule has 1 N–H and O–H groups in total. The Kier molecular flexibility index (Phi) is 3.79. The highest BCUT2D eigenvalue weighted by atomic mass is 79.9. The van der Waals surface area contributed by atoms with E-state index in [-0.39, 0.29) is 4.90 Å². The van der Waals surface area contributed by atoms with Crippen LogP contribution in [-0.4, -0.2) is 14.0 Å². The van der Waals surface area contributed by atoms with E-state index in [9.17, 15) is 8.42 Å². The van der Waals surface area contributed by atoms with Crippen molar-refractivity contribution in [2.45, 2.75) is 24.3 Å². The van der Waals surface area contributed by atoms with Crippen molar-refractivity contribution in [2.75, 3.05) is 0 Å². The molecule has 0 aliphatic carbocycles. The molecular weight excluding hydrogens is 290 g/mol. The van der Waals surface area contributed by atoms with Gasteiger partial charge in [-0.2, -0.15) is 4.72 Å².